The van der Waals surface area contributed by atoms with Crippen molar-refractivity contribution in [3.63, 3.8) is 0 Å². The number of carboxylic acids is 1. The molecule has 7 rings (SSSR count). The highest BCUT2D eigenvalue weighted by Crippen LogP contribution is 2.42. The molecule has 1 saturated carbocycles. The third kappa shape index (κ3) is 4.42. The lowest BCUT2D eigenvalue weighted by atomic mass is 9.92. The van der Waals surface area contributed by atoms with E-state index in [-0.39, 0.29) is 30.1 Å². The maximum Gasteiger partial charge on any atom is 0.308 e. The van der Waals surface area contributed by atoms with Gasteiger partial charge in [-0.2, -0.15) is 5.10 Å². The summed E-state index contributed by atoms with van der Waals surface area (Å²) in [6.45, 7) is 2.75. The molecule has 1 saturated heterocycles. The first-order valence-electron chi connectivity index (χ1n) is 14.0. The van der Waals surface area contributed by atoms with E-state index in [1.165, 1.54) is 11.0 Å². The minimum Gasteiger partial charge on any atom is -0.481 e. The second-order valence-corrected chi connectivity index (χ2v) is 11.3. The molecule has 0 bridgehead atoms. The standard InChI is InChI=1S/C31H29F2N5O3/c1-17-21-4-2-3-5-22(21)25(33)16-37(17)30(39)27-13-28(18-6-7-18)38-29(34-27)14-26(35-38)23-9-8-20(12-24(23)32)36-11-10-19(15-36)31(40)41/h2-5,8-9,12-14,17-19,25H,6-7,10-11,15-16H2,1H3,(H,40,41)/t17-,19?,25-/m1/s1. The lowest BCUT2D eigenvalue weighted by Crippen LogP contribution is -2.40. The number of fused-ring (bicyclic) bond motifs is 2. The summed E-state index contributed by atoms with van der Waals surface area (Å²) in [6.07, 6.45) is 1.16. The van der Waals surface area contributed by atoms with E-state index < -0.39 is 23.9 Å². The number of benzene rings is 2. The molecule has 0 spiro atoms. The van der Waals surface area contributed by atoms with E-state index in [4.69, 9.17) is 0 Å². The van der Waals surface area contributed by atoms with Crippen LogP contribution in [0, 0.1) is 11.7 Å². The third-order valence-corrected chi connectivity index (χ3v) is 8.67. The van der Waals surface area contributed by atoms with Gasteiger partial charge in [0.1, 0.15) is 17.7 Å². The maximum absolute atomic E-state index is 15.4. The monoisotopic (exact) mass is 557 g/mol. The Labute approximate surface area is 235 Å². The first kappa shape index (κ1) is 25.6. The highest BCUT2D eigenvalue weighted by Gasteiger charge is 2.36. The zero-order valence-corrected chi connectivity index (χ0v) is 22.5. The molecule has 1 N–H and O–H groups in total. The Bertz CT molecular complexity index is 1700. The molecule has 1 aliphatic carbocycles. The number of amides is 1. The lowest BCUT2D eigenvalue weighted by molar-refractivity contribution is -0.140. The van der Waals surface area contributed by atoms with Crippen molar-refractivity contribution in [2.24, 2.45) is 5.92 Å². The number of anilines is 1. The highest BCUT2D eigenvalue weighted by atomic mass is 19.1. The number of alkyl halides is 1. The van der Waals surface area contributed by atoms with Crippen molar-refractivity contribution >= 4 is 23.2 Å². The van der Waals surface area contributed by atoms with Gasteiger partial charge in [-0.25, -0.2) is 18.3 Å². The van der Waals surface area contributed by atoms with E-state index in [0.717, 1.165) is 24.1 Å². The summed E-state index contributed by atoms with van der Waals surface area (Å²) in [6, 6.07) is 15.2. The summed E-state index contributed by atoms with van der Waals surface area (Å²) in [7, 11) is 0. The molecule has 210 valence electrons. The van der Waals surface area contributed by atoms with Crippen molar-refractivity contribution in [2.75, 3.05) is 24.5 Å². The summed E-state index contributed by atoms with van der Waals surface area (Å²) >= 11 is 0. The molecule has 2 aromatic heterocycles. The molecule has 1 amide bonds. The second-order valence-electron chi connectivity index (χ2n) is 11.3. The van der Waals surface area contributed by atoms with Crippen molar-refractivity contribution in [3.05, 3.63) is 82.9 Å². The number of carbonyl (C=O) groups excluding carboxylic acids is 1. The van der Waals surface area contributed by atoms with E-state index in [1.807, 2.05) is 30.0 Å². The average molecular weight is 558 g/mol. The van der Waals surface area contributed by atoms with E-state index in [1.54, 1.807) is 34.8 Å². The zero-order valence-electron chi connectivity index (χ0n) is 22.5. The van der Waals surface area contributed by atoms with Crippen LogP contribution in [0.1, 0.15) is 71.6 Å². The van der Waals surface area contributed by atoms with Crippen LogP contribution in [0.2, 0.25) is 0 Å². The Balaban J connectivity index is 1.21. The topological polar surface area (TPSA) is 91.0 Å². The largest absolute Gasteiger partial charge is 0.481 e. The summed E-state index contributed by atoms with van der Waals surface area (Å²) in [4.78, 5) is 33.1. The van der Waals surface area contributed by atoms with Gasteiger partial charge < -0.3 is 14.9 Å². The first-order chi connectivity index (χ1) is 19.8. The van der Waals surface area contributed by atoms with Crippen molar-refractivity contribution < 1.29 is 23.5 Å². The third-order valence-electron chi connectivity index (χ3n) is 8.67. The summed E-state index contributed by atoms with van der Waals surface area (Å²) < 4.78 is 32.1. The number of aliphatic carboxylic acids is 1. The molecule has 10 heteroatoms. The molecule has 1 unspecified atom stereocenters. The van der Waals surface area contributed by atoms with Gasteiger partial charge in [-0.1, -0.05) is 24.3 Å². The van der Waals surface area contributed by atoms with Crippen LogP contribution in [0.3, 0.4) is 0 Å². The molecule has 0 radical (unpaired) electrons. The normalized spacial score (nSPS) is 22.3. The number of hydrogen-bond donors (Lipinski definition) is 1. The zero-order chi connectivity index (χ0) is 28.4. The van der Waals surface area contributed by atoms with Gasteiger partial charge in [0.15, 0.2) is 5.65 Å². The van der Waals surface area contributed by atoms with Gasteiger partial charge >= 0.3 is 5.97 Å². The van der Waals surface area contributed by atoms with Gasteiger partial charge in [0.2, 0.25) is 0 Å². The van der Waals surface area contributed by atoms with Crippen LogP contribution in [0.4, 0.5) is 14.5 Å². The number of hydrogen-bond acceptors (Lipinski definition) is 5. The highest BCUT2D eigenvalue weighted by molar-refractivity contribution is 5.93. The summed E-state index contributed by atoms with van der Waals surface area (Å²) in [5.41, 5.74) is 4.22. The molecular weight excluding hydrogens is 528 g/mol. The van der Waals surface area contributed by atoms with Gasteiger partial charge in [0.25, 0.3) is 5.91 Å². The van der Waals surface area contributed by atoms with Gasteiger partial charge in [0, 0.05) is 42.0 Å². The van der Waals surface area contributed by atoms with Crippen molar-refractivity contribution in [1.29, 1.82) is 0 Å². The van der Waals surface area contributed by atoms with E-state index in [0.29, 0.717) is 47.7 Å². The number of carbonyl (C=O) groups is 2. The minimum absolute atomic E-state index is 0.0467. The Hall–Kier alpha value is -4.34. The number of carboxylic acid groups (broad SMARTS) is 1. The van der Waals surface area contributed by atoms with E-state index in [9.17, 15) is 14.7 Å². The Kier molecular flexibility index (Phi) is 6.02. The van der Waals surface area contributed by atoms with Crippen LogP contribution < -0.4 is 4.90 Å². The van der Waals surface area contributed by atoms with Gasteiger partial charge in [-0.15, -0.1) is 0 Å². The predicted molar refractivity (Wildman–Crippen MR) is 148 cm³/mol. The second kappa shape index (κ2) is 9.64. The van der Waals surface area contributed by atoms with Gasteiger partial charge in [0.05, 0.1) is 24.2 Å². The van der Waals surface area contributed by atoms with Crippen molar-refractivity contribution in [3.8, 4) is 11.3 Å². The van der Waals surface area contributed by atoms with Crippen LogP contribution in [0.25, 0.3) is 16.9 Å². The molecule has 3 aliphatic rings. The van der Waals surface area contributed by atoms with E-state index in [2.05, 4.69) is 10.1 Å². The Morgan fingerprint density at radius 1 is 1.00 bits per heavy atom. The number of nitrogens with zero attached hydrogens (tertiary/aromatic N) is 5. The molecular formula is C31H29F2N5O3. The van der Waals surface area contributed by atoms with Gasteiger partial charge in [-0.3, -0.25) is 9.59 Å². The first-order valence-corrected chi connectivity index (χ1v) is 14.0. The van der Waals surface area contributed by atoms with Crippen LogP contribution in [0.15, 0.2) is 54.6 Å². The molecule has 2 aliphatic heterocycles. The smallest absolute Gasteiger partial charge is 0.308 e. The molecule has 3 atom stereocenters. The van der Waals surface area contributed by atoms with Crippen LogP contribution in [-0.2, 0) is 4.79 Å². The van der Waals surface area contributed by atoms with E-state index >= 15 is 8.78 Å². The average Bonchev–Trinajstić information content (AvgIpc) is 3.52. The summed E-state index contributed by atoms with van der Waals surface area (Å²) in [5, 5.41) is 14.0. The maximum atomic E-state index is 15.4. The number of aromatic nitrogens is 3. The molecule has 41 heavy (non-hydrogen) atoms. The molecule has 4 aromatic rings. The SMILES string of the molecule is C[C@@H]1c2ccccc2[C@H](F)CN1C(=O)c1cc(C2CC2)n2nc(-c3ccc(N4CCC(C(=O)O)C4)cc3F)cc2n1. The van der Waals surface area contributed by atoms with Crippen LogP contribution in [0.5, 0.6) is 0 Å². The molecule has 2 aromatic carbocycles. The number of rotatable bonds is 5. The summed E-state index contributed by atoms with van der Waals surface area (Å²) in [5.74, 6) is -1.89. The molecule has 4 heterocycles. The quantitative estimate of drug-likeness (QED) is 0.346. The lowest BCUT2D eigenvalue weighted by Gasteiger charge is -2.36. The van der Waals surface area contributed by atoms with Crippen LogP contribution >= 0.6 is 0 Å². The fourth-order valence-electron chi connectivity index (χ4n) is 6.19. The molecule has 8 nitrogen and oxygen atoms in total. The van der Waals surface area contributed by atoms with Gasteiger partial charge in [-0.05, 0) is 61.6 Å². The Morgan fingerprint density at radius 3 is 2.49 bits per heavy atom. The van der Waals surface area contributed by atoms with Crippen molar-refractivity contribution in [2.45, 2.75) is 44.3 Å². The predicted octanol–water partition coefficient (Wildman–Crippen LogP) is 5.55. The van der Waals surface area contributed by atoms with Crippen molar-refractivity contribution in [1.82, 2.24) is 19.5 Å². The molecule has 2 fully saturated rings. The minimum atomic E-state index is -1.28. The Morgan fingerprint density at radius 2 is 1.78 bits per heavy atom. The fraction of sp³-hybridized carbons (Fsp3) is 0.355. The fourth-order valence-corrected chi connectivity index (χ4v) is 6.19. The number of halogens is 2. The van der Waals surface area contributed by atoms with Crippen LogP contribution in [-0.4, -0.2) is 56.1 Å².